The lowest BCUT2D eigenvalue weighted by Crippen LogP contribution is -2.48. The van der Waals surface area contributed by atoms with Gasteiger partial charge in [-0.1, -0.05) is 13.8 Å². The minimum absolute atomic E-state index is 0.0825. The first-order valence-corrected chi connectivity index (χ1v) is 6.68. The summed E-state index contributed by atoms with van der Waals surface area (Å²) in [4.78, 5) is 15.6. The van der Waals surface area contributed by atoms with Crippen LogP contribution in [0.4, 0.5) is 0 Å². The van der Waals surface area contributed by atoms with Crippen molar-refractivity contribution >= 4 is 5.97 Å². The molecule has 1 aliphatic rings. The van der Waals surface area contributed by atoms with Crippen molar-refractivity contribution in [2.24, 2.45) is 5.41 Å². The molecule has 0 bridgehead atoms. The molecule has 1 saturated heterocycles. The van der Waals surface area contributed by atoms with Gasteiger partial charge in [0.05, 0.1) is 6.42 Å². The van der Waals surface area contributed by atoms with Crippen LogP contribution >= 0.6 is 0 Å². The van der Waals surface area contributed by atoms with Crippen LogP contribution in [0.5, 0.6) is 0 Å². The number of carbonyl (C=O) groups is 1. The monoisotopic (exact) mass is 256 g/mol. The van der Waals surface area contributed by atoms with E-state index in [2.05, 4.69) is 44.4 Å². The van der Waals surface area contributed by atoms with Crippen molar-refractivity contribution in [2.45, 2.75) is 52.6 Å². The lowest BCUT2D eigenvalue weighted by atomic mass is 9.91. The van der Waals surface area contributed by atoms with Crippen molar-refractivity contribution in [3.63, 3.8) is 0 Å². The Balaban J connectivity index is 2.92. The summed E-state index contributed by atoms with van der Waals surface area (Å²) in [6.07, 6.45) is 0.221. The highest BCUT2D eigenvalue weighted by Crippen LogP contribution is 2.29. The molecule has 1 rings (SSSR count). The SMILES string of the molecule is CN1CC(C)(C)CN(C(C)(C)C)CC1CC(=O)O. The lowest BCUT2D eigenvalue weighted by molar-refractivity contribution is -0.138. The molecule has 18 heavy (non-hydrogen) atoms. The fraction of sp³-hybridized carbons (Fsp3) is 0.929. The summed E-state index contributed by atoms with van der Waals surface area (Å²) < 4.78 is 0. The highest BCUT2D eigenvalue weighted by Gasteiger charge is 2.37. The van der Waals surface area contributed by atoms with Crippen molar-refractivity contribution in [1.29, 1.82) is 0 Å². The Morgan fingerprint density at radius 3 is 2.33 bits per heavy atom. The van der Waals surface area contributed by atoms with Crippen LogP contribution < -0.4 is 0 Å². The van der Waals surface area contributed by atoms with Crippen LogP contribution in [-0.4, -0.2) is 59.1 Å². The van der Waals surface area contributed by atoms with Crippen molar-refractivity contribution in [1.82, 2.24) is 9.80 Å². The number of nitrogens with zero attached hydrogens (tertiary/aromatic N) is 2. The second-order valence-corrected chi connectivity index (χ2v) is 7.38. The summed E-state index contributed by atoms with van der Waals surface area (Å²) in [5.41, 5.74) is 0.272. The summed E-state index contributed by atoms with van der Waals surface area (Å²) in [5, 5.41) is 9.05. The second-order valence-electron chi connectivity index (χ2n) is 7.38. The molecule has 4 nitrogen and oxygen atoms in total. The van der Waals surface area contributed by atoms with Gasteiger partial charge in [-0.15, -0.1) is 0 Å². The van der Waals surface area contributed by atoms with Gasteiger partial charge >= 0.3 is 5.97 Å². The normalized spacial score (nSPS) is 26.9. The molecule has 0 aliphatic carbocycles. The predicted octanol–water partition coefficient (Wildman–Crippen LogP) is 1.90. The van der Waals surface area contributed by atoms with Crippen molar-refractivity contribution in [3.05, 3.63) is 0 Å². The van der Waals surface area contributed by atoms with E-state index in [1.807, 2.05) is 7.05 Å². The van der Waals surface area contributed by atoms with E-state index in [0.29, 0.717) is 0 Å². The van der Waals surface area contributed by atoms with Gasteiger partial charge in [-0.05, 0) is 33.2 Å². The molecule has 1 atom stereocenters. The van der Waals surface area contributed by atoms with E-state index in [0.717, 1.165) is 19.6 Å². The van der Waals surface area contributed by atoms with Crippen LogP contribution in [0.15, 0.2) is 0 Å². The Labute approximate surface area is 111 Å². The summed E-state index contributed by atoms with van der Waals surface area (Å²) in [5.74, 6) is -0.708. The number of rotatable bonds is 2. The van der Waals surface area contributed by atoms with Crippen LogP contribution in [-0.2, 0) is 4.79 Å². The van der Waals surface area contributed by atoms with E-state index in [1.54, 1.807) is 0 Å². The first kappa shape index (κ1) is 15.4. The molecular weight excluding hydrogens is 228 g/mol. The Morgan fingerprint density at radius 1 is 1.33 bits per heavy atom. The number of carboxylic acids is 1. The summed E-state index contributed by atoms with van der Waals surface area (Å²) in [6.45, 7) is 13.9. The molecular formula is C14H28N2O2. The van der Waals surface area contributed by atoms with E-state index in [-0.39, 0.29) is 23.4 Å². The lowest BCUT2D eigenvalue weighted by Gasteiger charge is -2.39. The first-order valence-electron chi connectivity index (χ1n) is 6.68. The van der Waals surface area contributed by atoms with Crippen LogP contribution in [0, 0.1) is 5.41 Å². The van der Waals surface area contributed by atoms with Crippen LogP contribution in [0.2, 0.25) is 0 Å². The van der Waals surface area contributed by atoms with E-state index in [9.17, 15) is 4.79 Å². The number of hydrogen-bond donors (Lipinski definition) is 1. The van der Waals surface area contributed by atoms with Gasteiger partial charge in [0.25, 0.3) is 0 Å². The second kappa shape index (κ2) is 5.17. The van der Waals surface area contributed by atoms with E-state index < -0.39 is 5.97 Å². The van der Waals surface area contributed by atoms with Crippen molar-refractivity contribution in [3.8, 4) is 0 Å². The molecule has 1 fully saturated rings. The van der Waals surface area contributed by atoms with Crippen LogP contribution in [0.25, 0.3) is 0 Å². The number of aliphatic carboxylic acids is 1. The quantitative estimate of drug-likeness (QED) is 0.819. The third-order valence-electron chi connectivity index (χ3n) is 3.71. The van der Waals surface area contributed by atoms with Gasteiger partial charge < -0.3 is 10.0 Å². The Morgan fingerprint density at radius 2 is 1.89 bits per heavy atom. The average molecular weight is 256 g/mol. The number of carboxylic acid groups (broad SMARTS) is 1. The molecule has 0 saturated carbocycles. The maximum Gasteiger partial charge on any atom is 0.304 e. The molecule has 4 heteroatoms. The minimum atomic E-state index is -0.708. The molecule has 0 aromatic heterocycles. The van der Waals surface area contributed by atoms with Crippen molar-refractivity contribution < 1.29 is 9.90 Å². The summed E-state index contributed by atoms with van der Waals surface area (Å²) >= 11 is 0. The maximum atomic E-state index is 11.0. The zero-order valence-electron chi connectivity index (χ0n) is 12.7. The first-order chi connectivity index (χ1) is 8.01. The average Bonchev–Trinajstić information content (AvgIpc) is 2.21. The minimum Gasteiger partial charge on any atom is -0.481 e. The topological polar surface area (TPSA) is 43.8 Å². The zero-order valence-corrected chi connectivity index (χ0v) is 12.7. The molecule has 1 aliphatic heterocycles. The standard InChI is InChI=1S/C14H28N2O2/c1-13(2,3)16-8-11(7-12(17)18)15(6)9-14(4,5)10-16/h11H,7-10H2,1-6H3,(H,17,18). The van der Waals surface area contributed by atoms with Crippen molar-refractivity contribution in [2.75, 3.05) is 26.7 Å². The maximum absolute atomic E-state index is 11.0. The number of hydrogen-bond acceptors (Lipinski definition) is 3. The highest BCUT2D eigenvalue weighted by molar-refractivity contribution is 5.67. The molecule has 1 unspecified atom stereocenters. The molecule has 1 N–H and O–H groups in total. The summed E-state index contributed by atoms with van der Waals surface area (Å²) in [7, 11) is 2.04. The van der Waals surface area contributed by atoms with Gasteiger partial charge in [-0.3, -0.25) is 9.69 Å². The molecule has 0 radical (unpaired) electrons. The Bertz CT molecular complexity index is 307. The molecule has 0 spiro atoms. The fourth-order valence-electron chi connectivity index (χ4n) is 2.76. The molecule has 0 amide bonds. The Hall–Kier alpha value is -0.610. The van der Waals surface area contributed by atoms with Crippen LogP contribution in [0.1, 0.15) is 41.0 Å². The van der Waals surface area contributed by atoms with Gasteiger partial charge in [-0.2, -0.15) is 0 Å². The van der Waals surface area contributed by atoms with E-state index in [4.69, 9.17) is 5.11 Å². The largest absolute Gasteiger partial charge is 0.481 e. The fourth-order valence-corrected chi connectivity index (χ4v) is 2.76. The van der Waals surface area contributed by atoms with E-state index in [1.165, 1.54) is 0 Å². The molecule has 0 aromatic rings. The smallest absolute Gasteiger partial charge is 0.304 e. The Kier molecular flexibility index (Phi) is 4.44. The predicted molar refractivity (Wildman–Crippen MR) is 73.8 cm³/mol. The van der Waals surface area contributed by atoms with E-state index >= 15 is 0 Å². The molecule has 106 valence electrons. The van der Waals surface area contributed by atoms with Gasteiger partial charge in [0.2, 0.25) is 0 Å². The number of likely N-dealkylation sites (N-methyl/N-ethyl adjacent to an activating group) is 1. The van der Waals surface area contributed by atoms with Gasteiger partial charge in [0, 0.05) is 31.2 Å². The highest BCUT2D eigenvalue weighted by atomic mass is 16.4. The molecule has 1 heterocycles. The molecule has 0 aromatic carbocycles. The third kappa shape index (κ3) is 4.25. The zero-order chi connectivity index (χ0) is 14.1. The van der Waals surface area contributed by atoms with Crippen LogP contribution in [0.3, 0.4) is 0 Å². The van der Waals surface area contributed by atoms with Gasteiger partial charge in [0.15, 0.2) is 0 Å². The van der Waals surface area contributed by atoms with Gasteiger partial charge in [-0.25, -0.2) is 0 Å². The summed E-state index contributed by atoms with van der Waals surface area (Å²) in [6, 6.07) is 0.100. The van der Waals surface area contributed by atoms with Gasteiger partial charge in [0.1, 0.15) is 0 Å². The third-order valence-corrected chi connectivity index (χ3v) is 3.71.